The van der Waals surface area contributed by atoms with Crippen molar-refractivity contribution >= 4 is 39.8 Å². The molecule has 4 atom stereocenters. The number of esters is 3. The molecule has 8 aromatic rings. The zero-order valence-electron chi connectivity index (χ0n) is 58.3. The maximum absolute atomic E-state index is 15.1. The van der Waals surface area contributed by atoms with Gasteiger partial charge in [0.15, 0.2) is 23.9 Å². The van der Waals surface area contributed by atoms with Gasteiger partial charge in [-0.25, -0.2) is 37.9 Å². The van der Waals surface area contributed by atoms with Crippen LogP contribution in [0.15, 0.2) is 137 Å². The van der Waals surface area contributed by atoms with Crippen molar-refractivity contribution in [3.63, 3.8) is 0 Å². The molecule has 528 valence electrons. The number of benzene rings is 4. The Labute approximate surface area is 583 Å². The molecule has 2 fully saturated rings. The molecular formula is C76H87BrF2N4O16. The van der Waals surface area contributed by atoms with Crippen LogP contribution in [0.2, 0.25) is 0 Å². The van der Waals surface area contributed by atoms with Crippen molar-refractivity contribution in [3.05, 3.63) is 199 Å². The first-order valence-electron chi connectivity index (χ1n) is 33.0. The molecule has 0 aliphatic heterocycles. The number of ether oxygens (including phenoxy) is 5. The standard InChI is InChI=1S/C38H43FN2O8.C33H39FN2O5.C5H5BrO3/c1-21(2)41(22(3)4)19-28-15-27(13-14-30(28)31-17-34(45-7)40-18-32(31)39)37(43)48-29-10-8-9-26(16-29)35(25-11-12-25)23(5)36(42)46-20-33-24(6)47-38(44)49-33;1-19(2)36(20(3)4)18-25-14-24(12-13-27(25)28-16-30(40-6)35-17-29(28)34)33(39)41-26-9-7-8-23(15-26)31(22-10-11-22)21(5)32(37)38;1-3-4(2-6)9-5(7)8-3/h8-10,13-18,21-23,25,35H,11-12,19-20H2,1-7H3;7-9,12-17,19-22,31H,10-11,18H2,1-6H3,(H,37,38);2H2,1H3/t23-,35-;21-,31-;/m00./s1. The van der Waals surface area contributed by atoms with E-state index in [1.165, 1.54) is 14.2 Å². The largest absolute Gasteiger partial charge is 0.519 e. The number of halogens is 3. The van der Waals surface area contributed by atoms with Crippen LogP contribution in [0.3, 0.4) is 0 Å². The fourth-order valence-electron chi connectivity index (χ4n) is 12.3. The summed E-state index contributed by atoms with van der Waals surface area (Å²) in [5, 5.41) is 10.2. The van der Waals surface area contributed by atoms with E-state index in [1.54, 1.807) is 106 Å². The van der Waals surface area contributed by atoms with Gasteiger partial charge in [-0.05, 0) is 201 Å². The topological polar surface area (TPSA) is 254 Å². The van der Waals surface area contributed by atoms with Crippen molar-refractivity contribution in [2.24, 2.45) is 23.7 Å². The lowest BCUT2D eigenvalue weighted by Crippen LogP contribution is -2.36. The zero-order chi connectivity index (χ0) is 72.1. The second-order valence-corrected chi connectivity index (χ2v) is 26.6. The van der Waals surface area contributed by atoms with E-state index in [9.17, 15) is 38.3 Å². The van der Waals surface area contributed by atoms with Gasteiger partial charge in [0.25, 0.3) is 0 Å². The summed E-state index contributed by atoms with van der Waals surface area (Å²) in [5.74, 6) is -2.80. The molecule has 0 saturated heterocycles. The predicted molar refractivity (Wildman–Crippen MR) is 370 cm³/mol. The molecule has 0 unspecified atom stereocenters. The smallest absolute Gasteiger partial charge is 0.481 e. The summed E-state index contributed by atoms with van der Waals surface area (Å²) in [6.07, 6.45) is 6.18. The third-order valence-corrected chi connectivity index (χ3v) is 18.4. The highest BCUT2D eigenvalue weighted by atomic mass is 79.9. The minimum Gasteiger partial charge on any atom is -0.481 e. The SMILES string of the molecule is COc1cc(-c2ccc(C(=O)Oc3cccc([C@H](C4CC4)[C@H](C)C(=O)O)c3)cc2CN(C(C)C)C(C)C)c(F)cn1.COc1cc(-c2ccc(C(=O)Oc3cccc([C@H](C4CC4)[C@H](C)C(=O)OCc4oc(=O)oc4C)c3)cc2CN(C(C)C)C(C)C)c(F)cn1.Cc1oc(=O)oc1CBr. The molecule has 2 saturated carbocycles. The molecule has 2 aliphatic rings. The third-order valence-electron chi connectivity index (χ3n) is 17.8. The quantitative estimate of drug-likeness (QED) is 0.0285. The highest BCUT2D eigenvalue weighted by Crippen LogP contribution is 2.49. The normalized spacial score (nSPS) is 14.1. The number of carboxylic acids is 1. The van der Waals surface area contributed by atoms with Crippen LogP contribution in [0.1, 0.15) is 173 Å². The van der Waals surface area contributed by atoms with E-state index in [0.717, 1.165) is 60.3 Å². The first-order valence-corrected chi connectivity index (χ1v) is 34.2. The van der Waals surface area contributed by atoms with E-state index < -0.39 is 59.0 Å². The molecule has 4 aromatic heterocycles. The van der Waals surface area contributed by atoms with Crippen LogP contribution in [-0.4, -0.2) is 87.1 Å². The Morgan fingerprint density at radius 3 is 1.30 bits per heavy atom. The molecule has 1 N–H and O–H groups in total. The Morgan fingerprint density at radius 2 is 0.960 bits per heavy atom. The number of rotatable bonds is 27. The molecule has 99 heavy (non-hydrogen) atoms. The number of hydrogen-bond donors (Lipinski definition) is 1. The summed E-state index contributed by atoms with van der Waals surface area (Å²) in [4.78, 5) is 86.0. The van der Waals surface area contributed by atoms with Gasteiger partial charge in [0.2, 0.25) is 11.8 Å². The average Bonchev–Trinajstić information content (AvgIpc) is 1.80. The highest BCUT2D eigenvalue weighted by molar-refractivity contribution is 9.08. The van der Waals surface area contributed by atoms with E-state index in [4.69, 9.17) is 32.5 Å². The molecule has 2 aliphatic carbocycles. The van der Waals surface area contributed by atoms with Crippen molar-refractivity contribution in [3.8, 4) is 45.5 Å². The number of carbonyl (C=O) groups is 4. The Morgan fingerprint density at radius 1 is 0.556 bits per heavy atom. The fraction of sp³-hybridized carbons (Fsp3) is 0.421. The van der Waals surface area contributed by atoms with Gasteiger partial charge in [-0.2, -0.15) is 0 Å². The molecule has 0 spiro atoms. The van der Waals surface area contributed by atoms with Crippen LogP contribution in [-0.2, 0) is 39.4 Å². The first kappa shape index (κ1) is 75.7. The van der Waals surface area contributed by atoms with E-state index in [1.807, 2.05) is 19.1 Å². The monoisotopic (exact) mass is 1430 g/mol. The number of carbonyl (C=O) groups excluding carboxylic acids is 3. The lowest BCUT2D eigenvalue weighted by molar-refractivity contribution is -0.151. The second kappa shape index (κ2) is 34.1. The number of hydrogen-bond acceptors (Lipinski definition) is 19. The van der Waals surface area contributed by atoms with Gasteiger partial charge >= 0.3 is 35.5 Å². The first-order chi connectivity index (χ1) is 47.1. The summed E-state index contributed by atoms with van der Waals surface area (Å²) in [6, 6.07) is 28.5. The minimum atomic E-state index is -0.845. The van der Waals surface area contributed by atoms with Crippen LogP contribution in [0.5, 0.6) is 23.3 Å². The number of aromatic nitrogens is 2. The van der Waals surface area contributed by atoms with Crippen molar-refractivity contribution < 1.29 is 74.4 Å². The molecule has 0 bridgehead atoms. The lowest BCUT2D eigenvalue weighted by atomic mass is 9.83. The minimum absolute atomic E-state index is 0.137. The number of alkyl halides is 1. The molecular weight excluding hydrogens is 1340 g/mol. The average molecular weight is 1430 g/mol. The van der Waals surface area contributed by atoms with Crippen molar-refractivity contribution in [2.45, 2.75) is 170 Å². The third kappa shape index (κ3) is 19.9. The molecule has 4 heterocycles. The maximum atomic E-state index is 15.1. The van der Waals surface area contributed by atoms with Gasteiger partial charge in [0.05, 0.1) is 54.9 Å². The summed E-state index contributed by atoms with van der Waals surface area (Å²) in [7, 11) is 2.95. The maximum Gasteiger partial charge on any atom is 0.519 e. The second-order valence-electron chi connectivity index (χ2n) is 26.1. The number of carboxylic acid groups (broad SMARTS) is 1. The van der Waals surface area contributed by atoms with Gasteiger partial charge in [0, 0.05) is 60.5 Å². The Kier molecular flexibility index (Phi) is 26.1. The van der Waals surface area contributed by atoms with E-state index in [-0.39, 0.29) is 65.9 Å². The van der Waals surface area contributed by atoms with Crippen LogP contribution >= 0.6 is 15.9 Å². The van der Waals surface area contributed by atoms with Gasteiger partial charge in [-0.15, -0.1) is 0 Å². The van der Waals surface area contributed by atoms with Crippen molar-refractivity contribution in [2.75, 3.05) is 14.2 Å². The summed E-state index contributed by atoms with van der Waals surface area (Å²) in [5.41, 5.74) is 5.81. The summed E-state index contributed by atoms with van der Waals surface area (Å²) in [6.45, 7) is 24.3. The summed E-state index contributed by atoms with van der Waals surface area (Å²) >= 11 is 3.13. The molecule has 20 nitrogen and oxygen atoms in total. The van der Waals surface area contributed by atoms with E-state index in [0.29, 0.717) is 86.6 Å². The van der Waals surface area contributed by atoms with Gasteiger partial charge in [0.1, 0.15) is 28.9 Å². The number of aliphatic carboxylic acids is 1. The lowest BCUT2D eigenvalue weighted by Gasteiger charge is -2.31. The van der Waals surface area contributed by atoms with Crippen molar-refractivity contribution in [1.29, 1.82) is 0 Å². The van der Waals surface area contributed by atoms with Crippen LogP contribution in [0, 0.1) is 49.2 Å². The number of aryl methyl sites for hydroxylation is 2. The summed E-state index contributed by atoms with van der Waals surface area (Å²) < 4.78 is 76.7. The Balaban J connectivity index is 0.000000226. The van der Waals surface area contributed by atoms with E-state index in [2.05, 4.69) is 99.9 Å². The number of pyridine rings is 2. The highest BCUT2D eigenvalue weighted by Gasteiger charge is 2.41. The molecule has 10 rings (SSSR count). The molecule has 0 radical (unpaired) electrons. The molecule has 23 heteroatoms. The molecule has 0 amide bonds. The predicted octanol–water partition coefficient (Wildman–Crippen LogP) is 15.8. The Bertz CT molecular complexity index is 4230. The van der Waals surface area contributed by atoms with Crippen LogP contribution < -0.4 is 30.6 Å². The number of nitrogens with zero attached hydrogens (tertiary/aromatic N) is 4. The zero-order valence-corrected chi connectivity index (χ0v) is 59.9. The van der Waals surface area contributed by atoms with Crippen LogP contribution in [0.4, 0.5) is 8.78 Å². The number of methoxy groups -OCH3 is 2. The van der Waals surface area contributed by atoms with Gasteiger partial charge in [-0.1, -0.05) is 66.2 Å². The van der Waals surface area contributed by atoms with Gasteiger partial charge < -0.3 is 46.5 Å². The Hall–Kier alpha value is -9.06. The fourth-order valence-corrected chi connectivity index (χ4v) is 12.9. The molecule has 4 aromatic carbocycles. The van der Waals surface area contributed by atoms with Crippen LogP contribution in [0.25, 0.3) is 22.3 Å². The van der Waals surface area contributed by atoms with Crippen molar-refractivity contribution in [1.82, 2.24) is 19.8 Å². The van der Waals surface area contributed by atoms with Gasteiger partial charge in [-0.3, -0.25) is 19.4 Å². The van der Waals surface area contributed by atoms with E-state index >= 15 is 4.39 Å².